The van der Waals surface area contributed by atoms with Gasteiger partial charge in [-0.2, -0.15) is 5.10 Å². The smallest absolute Gasteiger partial charge is 0.258 e. The van der Waals surface area contributed by atoms with Crippen LogP contribution in [0.2, 0.25) is 0 Å². The van der Waals surface area contributed by atoms with Crippen LogP contribution in [-0.4, -0.2) is 51.8 Å². The minimum absolute atomic E-state index is 0.00378. The Morgan fingerprint density at radius 1 is 1.25 bits per heavy atom. The minimum Gasteiger partial charge on any atom is -0.381 e. The number of benzene rings is 1. The number of aromatic amines is 1. The van der Waals surface area contributed by atoms with E-state index in [9.17, 15) is 4.79 Å². The molecule has 1 unspecified atom stereocenters. The fraction of sp³-hybridized carbons (Fsp3) is 0.480. The van der Waals surface area contributed by atoms with Crippen LogP contribution in [0.4, 0.5) is 5.69 Å². The molecule has 3 heterocycles. The quantitative estimate of drug-likeness (QED) is 0.558. The second kappa shape index (κ2) is 9.69. The van der Waals surface area contributed by atoms with Gasteiger partial charge in [-0.1, -0.05) is 30.7 Å². The lowest BCUT2D eigenvalue weighted by atomic mass is 9.95. The molecule has 32 heavy (non-hydrogen) atoms. The molecule has 1 saturated heterocycles. The molecule has 2 aromatic heterocycles. The van der Waals surface area contributed by atoms with E-state index in [0.29, 0.717) is 17.8 Å². The van der Waals surface area contributed by atoms with Crippen LogP contribution in [0.1, 0.15) is 66.2 Å². The molecular formula is C25H33N5O2. The highest BCUT2D eigenvalue weighted by Crippen LogP contribution is 2.33. The summed E-state index contributed by atoms with van der Waals surface area (Å²) in [5.74, 6) is -0.00974. The number of hydrogen-bond acceptors (Lipinski definition) is 5. The number of carbonyl (C=O) groups is 1. The summed E-state index contributed by atoms with van der Waals surface area (Å²) < 4.78 is 5.51. The Hall–Kier alpha value is -2.93. The molecule has 4 rings (SSSR count). The topological polar surface area (TPSA) is 83.1 Å². The third kappa shape index (κ3) is 4.35. The number of anilines is 1. The fourth-order valence-electron chi connectivity index (χ4n) is 4.73. The van der Waals surface area contributed by atoms with Crippen LogP contribution in [-0.2, 0) is 4.74 Å². The van der Waals surface area contributed by atoms with Crippen molar-refractivity contribution in [2.45, 2.75) is 59.0 Å². The Morgan fingerprint density at radius 3 is 2.72 bits per heavy atom. The Bertz CT molecular complexity index is 1090. The summed E-state index contributed by atoms with van der Waals surface area (Å²) in [4.78, 5) is 20.4. The number of amides is 1. The Labute approximate surface area is 189 Å². The second-order valence-electron chi connectivity index (χ2n) is 8.59. The maximum Gasteiger partial charge on any atom is 0.258 e. The number of carbonyl (C=O) groups excluding carboxylic acids is 1. The van der Waals surface area contributed by atoms with E-state index in [4.69, 9.17) is 4.74 Å². The van der Waals surface area contributed by atoms with Gasteiger partial charge in [0.2, 0.25) is 0 Å². The zero-order valence-electron chi connectivity index (χ0n) is 19.4. The van der Waals surface area contributed by atoms with E-state index < -0.39 is 0 Å². The standard InChI is InChI=1S/C25H33N5O2/c1-5-22(19-8-7-16(3)13-17(19)4)30(6-2)25(31)21-14-26-24-20(15-27-29-24)23(21)28-18-9-11-32-12-10-18/h7-8,13-15,18,22H,5-6,9-12H2,1-4H3,(H2,26,27,28,29). The zero-order valence-corrected chi connectivity index (χ0v) is 19.4. The van der Waals surface area contributed by atoms with Crippen LogP contribution in [0, 0.1) is 13.8 Å². The van der Waals surface area contributed by atoms with Gasteiger partial charge in [-0.05, 0) is 51.2 Å². The first-order valence-electron chi connectivity index (χ1n) is 11.6. The molecule has 0 spiro atoms. The van der Waals surface area contributed by atoms with Crippen LogP contribution in [0.15, 0.2) is 30.6 Å². The molecule has 1 fully saturated rings. The first-order chi connectivity index (χ1) is 15.5. The first-order valence-corrected chi connectivity index (χ1v) is 11.6. The molecule has 1 aliphatic heterocycles. The highest BCUT2D eigenvalue weighted by atomic mass is 16.5. The van der Waals surface area contributed by atoms with Crippen LogP contribution in [0.5, 0.6) is 0 Å². The maximum atomic E-state index is 13.9. The summed E-state index contributed by atoms with van der Waals surface area (Å²) >= 11 is 0. The number of rotatable bonds is 7. The fourth-order valence-corrected chi connectivity index (χ4v) is 4.73. The Balaban J connectivity index is 1.72. The van der Waals surface area contributed by atoms with Crippen molar-refractivity contribution in [3.05, 3.63) is 52.8 Å². The van der Waals surface area contributed by atoms with Gasteiger partial charge in [0, 0.05) is 32.0 Å². The van der Waals surface area contributed by atoms with Gasteiger partial charge in [-0.15, -0.1) is 0 Å². The lowest BCUT2D eigenvalue weighted by molar-refractivity contribution is 0.0682. The Morgan fingerprint density at radius 2 is 2.03 bits per heavy atom. The van der Waals surface area contributed by atoms with E-state index in [-0.39, 0.29) is 18.0 Å². The zero-order chi connectivity index (χ0) is 22.7. The van der Waals surface area contributed by atoms with Crippen molar-refractivity contribution in [3.8, 4) is 0 Å². The van der Waals surface area contributed by atoms with Crippen LogP contribution >= 0.6 is 0 Å². The van der Waals surface area contributed by atoms with Gasteiger partial charge in [0.05, 0.1) is 28.9 Å². The average Bonchev–Trinajstić information content (AvgIpc) is 3.28. The number of nitrogens with one attached hydrogen (secondary N) is 2. The number of hydrogen-bond donors (Lipinski definition) is 2. The van der Waals surface area contributed by atoms with Crippen LogP contribution in [0.25, 0.3) is 11.0 Å². The lowest BCUT2D eigenvalue weighted by Crippen LogP contribution is -2.36. The molecule has 1 atom stereocenters. The van der Waals surface area contributed by atoms with Gasteiger partial charge in [-0.3, -0.25) is 9.89 Å². The second-order valence-corrected chi connectivity index (χ2v) is 8.59. The number of ether oxygens (including phenoxy) is 1. The molecule has 170 valence electrons. The van der Waals surface area contributed by atoms with Crippen LogP contribution < -0.4 is 5.32 Å². The van der Waals surface area contributed by atoms with E-state index in [1.165, 1.54) is 16.7 Å². The third-order valence-electron chi connectivity index (χ3n) is 6.43. The third-order valence-corrected chi connectivity index (χ3v) is 6.43. The van der Waals surface area contributed by atoms with Gasteiger partial charge in [0.1, 0.15) is 0 Å². The van der Waals surface area contributed by atoms with Crippen molar-refractivity contribution in [1.82, 2.24) is 20.1 Å². The summed E-state index contributed by atoms with van der Waals surface area (Å²) in [6.45, 7) is 10.5. The van der Waals surface area contributed by atoms with Crippen molar-refractivity contribution in [1.29, 1.82) is 0 Å². The van der Waals surface area contributed by atoms with Crippen molar-refractivity contribution in [3.63, 3.8) is 0 Å². The van der Waals surface area contributed by atoms with Crippen molar-refractivity contribution in [2.24, 2.45) is 0 Å². The Kier molecular flexibility index (Phi) is 6.74. The van der Waals surface area contributed by atoms with Gasteiger partial charge < -0.3 is 15.0 Å². The van der Waals surface area contributed by atoms with Gasteiger partial charge in [0.25, 0.3) is 5.91 Å². The molecule has 7 heteroatoms. The molecule has 0 radical (unpaired) electrons. The summed E-state index contributed by atoms with van der Waals surface area (Å²) in [6.07, 6.45) is 6.09. The molecule has 0 aliphatic carbocycles. The van der Waals surface area contributed by atoms with Gasteiger partial charge in [0.15, 0.2) is 5.65 Å². The average molecular weight is 436 g/mol. The predicted molar refractivity (Wildman–Crippen MR) is 127 cm³/mol. The van der Waals surface area contributed by atoms with Crippen LogP contribution in [0.3, 0.4) is 0 Å². The normalized spacial score (nSPS) is 15.6. The summed E-state index contributed by atoms with van der Waals surface area (Å²) in [5.41, 5.74) is 5.73. The molecule has 7 nitrogen and oxygen atoms in total. The molecule has 0 saturated carbocycles. The van der Waals surface area contributed by atoms with Crippen molar-refractivity contribution >= 4 is 22.6 Å². The van der Waals surface area contributed by atoms with E-state index >= 15 is 0 Å². The maximum absolute atomic E-state index is 13.9. The monoisotopic (exact) mass is 435 g/mol. The SMILES string of the molecule is CCC(c1ccc(C)cc1C)N(CC)C(=O)c1cnc2[nH]ncc2c1NC1CCOCC1. The number of pyridine rings is 1. The van der Waals surface area contributed by atoms with Crippen molar-refractivity contribution < 1.29 is 9.53 Å². The molecule has 2 N–H and O–H groups in total. The first kappa shape index (κ1) is 22.3. The molecule has 0 bridgehead atoms. The van der Waals surface area contributed by atoms with Crippen molar-refractivity contribution in [2.75, 3.05) is 25.1 Å². The predicted octanol–water partition coefficient (Wildman–Crippen LogP) is 4.78. The largest absolute Gasteiger partial charge is 0.381 e. The molecule has 1 aromatic carbocycles. The molecule has 1 aliphatic rings. The molecule has 3 aromatic rings. The highest BCUT2D eigenvalue weighted by Gasteiger charge is 2.28. The molecule has 1 amide bonds. The van der Waals surface area contributed by atoms with E-state index in [2.05, 4.69) is 59.5 Å². The van der Waals surface area contributed by atoms with E-state index in [0.717, 1.165) is 43.5 Å². The van der Waals surface area contributed by atoms with E-state index in [1.807, 2.05) is 11.8 Å². The number of nitrogens with zero attached hydrogens (tertiary/aromatic N) is 3. The highest BCUT2D eigenvalue weighted by molar-refractivity contribution is 6.06. The molecular weight excluding hydrogens is 402 g/mol. The lowest BCUT2D eigenvalue weighted by Gasteiger charge is -2.33. The van der Waals surface area contributed by atoms with E-state index in [1.54, 1.807) is 12.4 Å². The minimum atomic E-state index is -0.00974. The number of fused-ring (bicyclic) bond motifs is 1. The summed E-state index contributed by atoms with van der Waals surface area (Å²) in [7, 11) is 0. The van der Waals surface area contributed by atoms with Gasteiger partial charge in [-0.25, -0.2) is 4.98 Å². The summed E-state index contributed by atoms with van der Waals surface area (Å²) in [5, 5.41) is 11.6. The van der Waals surface area contributed by atoms with Gasteiger partial charge >= 0.3 is 0 Å². The number of H-pyrrole nitrogens is 1. The number of aromatic nitrogens is 3. The summed E-state index contributed by atoms with van der Waals surface area (Å²) in [6, 6.07) is 6.73. The number of aryl methyl sites for hydroxylation is 2.